The van der Waals surface area contributed by atoms with E-state index < -0.39 is 0 Å². The van der Waals surface area contributed by atoms with Crippen LogP contribution in [0.25, 0.3) is 11.1 Å². The topological polar surface area (TPSA) is 77.0 Å². The predicted octanol–water partition coefficient (Wildman–Crippen LogP) is 3.84. The molecule has 0 spiro atoms. The second-order valence-electron chi connectivity index (χ2n) is 6.60. The maximum atomic E-state index is 11.7. The summed E-state index contributed by atoms with van der Waals surface area (Å²) >= 11 is 0. The number of hydrogen-bond acceptors (Lipinski definition) is 5. The first-order valence-corrected chi connectivity index (χ1v) is 8.92. The lowest BCUT2D eigenvalue weighted by Crippen LogP contribution is -2.27. The predicted molar refractivity (Wildman–Crippen MR) is 105 cm³/mol. The fraction of sp³-hybridized carbons (Fsp3) is 0.381. The van der Waals surface area contributed by atoms with Crippen molar-refractivity contribution in [1.29, 1.82) is 0 Å². The molecule has 0 aromatic heterocycles. The van der Waals surface area contributed by atoms with E-state index in [1.54, 1.807) is 33.5 Å². The third-order valence-corrected chi connectivity index (χ3v) is 4.91. The molecule has 0 bridgehead atoms. The van der Waals surface area contributed by atoms with Gasteiger partial charge in [0.15, 0.2) is 11.5 Å². The van der Waals surface area contributed by atoms with Crippen molar-refractivity contribution in [3.63, 3.8) is 0 Å². The summed E-state index contributed by atoms with van der Waals surface area (Å²) in [5, 5.41) is 13.1. The normalized spacial score (nSPS) is 15.6. The van der Waals surface area contributed by atoms with E-state index in [1.165, 1.54) is 6.92 Å². The summed E-state index contributed by atoms with van der Waals surface area (Å²) in [4.78, 5) is 11.7. The Hall–Kier alpha value is -2.89. The van der Waals surface area contributed by atoms with Crippen LogP contribution in [0, 0.1) is 0 Å². The van der Waals surface area contributed by atoms with Crippen LogP contribution in [0.3, 0.4) is 0 Å². The van der Waals surface area contributed by atoms with Crippen LogP contribution in [0.4, 0.5) is 0 Å². The second kappa shape index (κ2) is 7.78. The van der Waals surface area contributed by atoms with Crippen molar-refractivity contribution < 1.29 is 25.5 Å². The van der Waals surface area contributed by atoms with Crippen LogP contribution in [0.5, 0.6) is 23.0 Å². The molecule has 0 fully saturated rings. The van der Waals surface area contributed by atoms with E-state index in [4.69, 9.17) is 14.2 Å². The maximum Gasteiger partial charge on any atom is 0.217 e. The maximum absolute atomic E-state index is 11.7. The summed E-state index contributed by atoms with van der Waals surface area (Å²) < 4.78 is 16.8. The summed E-state index contributed by atoms with van der Waals surface area (Å²) in [7, 11) is 4.78. The first-order chi connectivity index (χ1) is 13.0. The number of benzene rings is 2. The van der Waals surface area contributed by atoms with Crippen molar-refractivity contribution in [2.75, 3.05) is 21.3 Å². The molecule has 1 aliphatic rings. The largest absolute Gasteiger partial charge is 0.508 e. The monoisotopic (exact) mass is 373 g/mol. The lowest BCUT2D eigenvalue weighted by Gasteiger charge is -2.28. The van der Waals surface area contributed by atoms with Gasteiger partial charge in [-0.2, -0.15) is 0 Å². The minimum absolute atomic E-state index is 0. The van der Waals surface area contributed by atoms with Gasteiger partial charge in [-0.05, 0) is 54.2 Å². The number of amides is 1. The molecule has 0 radical (unpaired) electrons. The Morgan fingerprint density at radius 2 is 1.89 bits per heavy atom. The Kier molecular flexibility index (Phi) is 5.44. The van der Waals surface area contributed by atoms with Gasteiger partial charge >= 0.3 is 0 Å². The van der Waals surface area contributed by atoms with Crippen LogP contribution in [-0.2, 0) is 11.2 Å². The summed E-state index contributed by atoms with van der Waals surface area (Å²) in [6.07, 6.45) is 2.44. The Morgan fingerprint density at radius 1 is 1.15 bits per heavy atom. The van der Waals surface area contributed by atoms with E-state index >= 15 is 0 Å². The zero-order valence-corrected chi connectivity index (χ0v) is 16.1. The molecule has 1 aliphatic carbocycles. The quantitative estimate of drug-likeness (QED) is 0.851. The molecule has 2 N–H and O–H groups in total. The van der Waals surface area contributed by atoms with Crippen molar-refractivity contribution >= 4 is 5.91 Å². The van der Waals surface area contributed by atoms with Gasteiger partial charge in [-0.25, -0.2) is 0 Å². The number of carbonyl (C=O) groups is 1. The van der Waals surface area contributed by atoms with E-state index in [1.807, 2.05) is 12.1 Å². The van der Waals surface area contributed by atoms with Crippen LogP contribution >= 0.6 is 0 Å². The van der Waals surface area contributed by atoms with Gasteiger partial charge in [0.25, 0.3) is 0 Å². The molecule has 2 aromatic carbocycles. The SMILES string of the molecule is COc1cc2c(c(OC)c1OC)-c1ccc(O)cc1[C@@H](NC(C)=O)CCC2.[HH]. The third-order valence-electron chi connectivity index (χ3n) is 4.91. The Balaban J connectivity index is 0.00000280. The van der Waals surface area contributed by atoms with Crippen LogP contribution in [0.1, 0.15) is 38.4 Å². The number of carbonyl (C=O) groups excluding carboxylic acids is 1. The number of aromatic hydroxyl groups is 1. The van der Waals surface area contributed by atoms with Crippen LogP contribution in [-0.4, -0.2) is 32.3 Å². The molecule has 6 heteroatoms. The van der Waals surface area contributed by atoms with E-state index in [2.05, 4.69) is 5.32 Å². The van der Waals surface area contributed by atoms with Crippen molar-refractivity contribution in [3.05, 3.63) is 35.4 Å². The van der Waals surface area contributed by atoms with E-state index in [0.717, 1.165) is 41.5 Å². The number of phenols is 1. The fourth-order valence-corrected chi connectivity index (χ4v) is 3.81. The zero-order valence-electron chi connectivity index (χ0n) is 16.1. The third kappa shape index (κ3) is 3.52. The highest BCUT2D eigenvalue weighted by molar-refractivity contribution is 5.83. The lowest BCUT2D eigenvalue weighted by atomic mass is 9.84. The molecule has 0 unspecified atom stereocenters. The number of nitrogens with one attached hydrogen (secondary N) is 1. The minimum atomic E-state index is -0.185. The summed E-state index contributed by atoms with van der Waals surface area (Å²) in [6.45, 7) is 1.50. The van der Waals surface area contributed by atoms with Crippen molar-refractivity contribution in [2.24, 2.45) is 0 Å². The number of rotatable bonds is 4. The molecule has 0 saturated heterocycles. The average Bonchev–Trinajstić information content (AvgIpc) is 2.64. The number of phenolic OH excluding ortho intramolecular Hbond substituents is 1. The molecular formula is C21H27NO5. The first-order valence-electron chi connectivity index (χ1n) is 8.92. The first kappa shape index (κ1) is 18.9. The molecule has 146 valence electrons. The van der Waals surface area contributed by atoms with E-state index in [-0.39, 0.29) is 19.1 Å². The van der Waals surface area contributed by atoms with Gasteiger partial charge in [-0.1, -0.05) is 6.07 Å². The second-order valence-corrected chi connectivity index (χ2v) is 6.60. The molecular weight excluding hydrogens is 346 g/mol. The molecule has 0 saturated carbocycles. The van der Waals surface area contributed by atoms with Crippen LogP contribution < -0.4 is 19.5 Å². The minimum Gasteiger partial charge on any atom is -0.508 e. The van der Waals surface area contributed by atoms with Gasteiger partial charge in [0.05, 0.1) is 27.4 Å². The molecule has 0 aliphatic heterocycles. The lowest BCUT2D eigenvalue weighted by molar-refractivity contribution is -0.119. The van der Waals surface area contributed by atoms with Gasteiger partial charge in [0.1, 0.15) is 5.75 Å². The van der Waals surface area contributed by atoms with Gasteiger partial charge in [-0.15, -0.1) is 0 Å². The van der Waals surface area contributed by atoms with Crippen molar-refractivity contribution in [3.8, 4) is 34.1 Å². The highest BCUT2D eigenvalue weighted by atomic mass is 16.5. The summed E-state index contributed by atoms with van der Waals surface area (Å²) in [6, 6.07) is 7.01. The number of aryl methyl sites for hydroxylation is 1. The highest BCUT2D eigenvalue weighted by Gasteiger charge is 2.28. The van der Waals surface area contributed by atoms with E-state index in [0.29, 0.717) is 17.2 Å². The van der Waals surface area contributed by atoms with Crippen LogP contribution in [0.15, 0.2) is 24.3 Å². The summed E-state index contributed by atoms with van der Waals surface area (Å²) in [5.74, 6) is 1.78. The van der Waals surface area contributed by atoms with Crippen LogP contribution in [0.2, 0.25) is 0 Å². The smallest absolute Gasteiger partial charge is 0.217 e. The van der Waals surface area contributed by atoms with Crippen molar-refractivity contribution in [2.45, 2.75) is 32.2 Å². The van der Waals surface area contributed by atoms with Gasteiger partial charge in [0.2, 0.25) is 11.7 Å². The average molecular weight is 373 g/mol. The number of hydrogen-bond donors (Lipinski definition) is 2. The number of methoxy groups -OCH3 is 3. The van der Waals surface area contributed by atoms with Gasteiger partial charge in [0, 0.05) is 13.9 Å². The van der Waals surface area contributed by atoms with E-state index in [9.17, 15) is 9.90 Å². The van der Waals surface area contributed by atoms with Gasteiger partial charge < -0.3 is 24.6 Å². The molecule has 1 atom stereocenters. The molecule has 6 nitrogen and oxygen atoms in total. The Morgan fingerprint density at radius 3 is 2.52 bits per heavy atom. The molecule has 27 heavy (non-hydrogen) atoms. The highest BCUT2D eigenvalue weighted by Crippen LogP contribution is 2.50. The number of fused-ring (bicyclic) bond motifs is 3. The van der Waals surface area contributed by atoms with Gasteiger partial charge in [-0.3, -0.25) is 4.79 Å². The Labute approximate surface area is 160 Å². The molecule has 0 heterocycles. The number of ether oxygens (including phenoxy) is 3. The summed E-state index contributed by atoms with van der Waals surface area (Å²) in [5.41, 5.74) is 3.74. The standard InChI is InChI=1S/C21H25NO5.H2/c1-12(23)22-17-7-5-6-13-10-18(25-2)20(26-3)21(27-4)19(13)15-9-8-14(24)11-16(15)17;/h8-11,17,24H,5-7H2,1-4H3,(H,22,23);1H/t17-;/m0./s1. The van der Waals surface area contributed by atoms with Crippen molar-refractivity contribution in [1.82, 2.24) is 5.32 Å². The zero-order chi connectivity index (χ0) is 19.6. The fourth-order valence-electron chi connectivity index (χ4n) is 3.81. The molecule has 2 aromatic rings. The molecule has 3 rings (SSSR count). The molecule has 1 amide bonds. The Bertz CT molecular complexity index is 868.